The van der Waals surface area contributed by atoms with Crippen LogP contribution in [0.1, 0.15) is 79.1 Å². The van der Waals surface area contributed by atoms with Crippen LogP contribution in [-0.2, 0) is 0 Å². The Hall–Kier alpha value is 0.385. The van der Waals surface area contributed by atoms with E-state index in [4.69, 9.17) is 15.1 Å². The van der Waals surface area contributed by atoms with Crippen LogP contribution < -0.4 is 17.0 Å². The van der Waals surface area contributed by atoms with Crippen molar-refractivity contribution in [3.8, 4) is 0 Å². The summed E-state index contributed by atoms with van der Waals surface area (Å²) in [7, 11) is -2.17. The van der Waals surface area contributed by atoms with E-state index < -0.39 is 7.32 Å². The smallest absolute Gasteiger partial charge is 0.631 e. The lowest BCUT2D eigenvalue weighted by Crippen LogP contribution is -3.00. The summed E-state index contributed by atoms with van der Waals surface area (Å²) in [5.74, 6) is 0. The van der Waals surface area contributed by atoms with Crippen LogP contribution in [0.2, 0.25) is 0 Å². The van der Waals surface area contributed by atoms with E-state index in [0.717, 1.165) is 0 Å². The molecule has 4 nitrogen and oxygen atoms in total. The lowest BCUT2D eigenvalue weighted by Gasteiger charge is -2.39. The van der Waals surface area contributed by atoms with Crippen molar-refractivity contribution in [3.05, 3.63) is 0 Å². The molecule has 22 heavy (non-hydrogen) atoms. The molecule has 0 rings (SSSR count). The molecule has 0 heterocycles. The molecule has 0 unspecified atom stereocenters. The summed E-state index contributed by atoms with van der Waals surface area (Å²) < 4.78 is 1.42. The maximum Gasteiger partial charge on any atom is 0.631 e. The van der Waals surface area contributed by atoms with Gasteiger partial charge in [-0.15, -0.1) is 0 Å². The number of rotatable bonds is 12. The van der Waals surface area contributed by atoms with Crippen LogP contribution in [0.25, 0.3) is 0 Å². The van der Waals surface area contributed by atoms with Crippen LogP contribution in [0.5, 0.6) is 0 Å². The summed E-state index contributed by atoms with van der Waals surface area (Å²) in [5, 5.41) is 21.5. The molecule has 0 aliphatic rings. The van der Waals surface area contributed by atoms with Gasteiger partial charge >= 0.3 is 7.32 Å². The summed E-state index contributed by atoms with van der Waals surface area (Å²) >= 11 is 0. The minimum atomic E-state index is -2.17. The molecule has 3 N–H and O–H groups in total. The Morgan fingerprint density at radius 3 is 0.909 bits per heavy atom. The Morgan fingerprint density at radius 1 is 0.591 bits per heavy atom. The molecule has 0 radical (unpaired) electrons. The van der Waals surface area contributed by atoms with E-state index in [1.165, 1.54) is 82.0 Å². The van der Waals surface area contributed by atoms with E-state index in [1.807, 2.05) is 0 Å². The fourth-order valence-corrected chi connectivity index (χ4v) is 2.64. The highest BCUT2D eigenvalue weighted by molar-refractivity contribution is 6.30. The normalized spacial score (nSPS) is 10.5. The third-order valence-electron chi connectivity index (χ3n) is 3.94. The molecule has 0 aliphatic carbocycles. The zero-order valence-corrected chi connectivity index (χ0v) is 16.8. The van der Waals surface area contributed by atoms with E-state index in [-0.39, 0.29) is 17.0 Å². The molecule has 0 bridgehead atoms. The molecular formula is C16H39BBrNO3. The summed E-state index contributed by atoms with van der Waals surface area (Å²) in [4.78, 5) is 0. The molecule has 0 aliphatic heterocycles. The minimum absolute atomic E-state index is 0. The van der Waals surface area contributed by atoms with Crippen LogP contribution in [-0.4, -0.2) is 53.1 Å². The second-order valence-electron chi connectivity index (χ2n) is 6.00. The van der Waals surface area contributed by atoms with Gasteiger partial charge in [0.2, 0.25) is 0 Å². The molecule has 0 saturated heterocycles. The zero-order chi connectivity index (χ0) is 16.6. The maximum absolute atomic E-state index is 7.17. The van der Waals surface area contributed by atoms with Crippen LogP contribution in [0.4, 0.5) is 0 Å². The maximum atomic E-state index is 7.17. The van der Waals surface area contributed by atoms with Crippen LogP contribution >= 0.6 is 0 Å². The summed E-state index contributed by atoms with van der Waals surface area (Å²) in [6, 6.07) is 0. The molecule has 0 fully saturated rings. The fourth-order valence-electron chi connectivity index (χ4n) is 2.64. The molecule has 0 spiro atoms. The molecule has 0 amide bonds. The second kappa shape index (κ2) is 19.4. The Morgan fingerprint density at radius 2 is 0.773 bits per heavy atom. The van der Waals surface area contributed by atoms with Gasteiger partial charge in [-0.1, -0.05) is 53.4 Å². The number of quaternary nitrogens is 1. The average Bonchev–Trinajstić information content (AvgIpc) is 2.45. The average molecular weight is 384 g/mol. The largest absolute Gasteiger partial charge is 1.00 e. The third kappa shape index (κ3) is 18.4. The number of unbranched alkanes of at least 4 members (excludes halogenated alkanes) is 4. The highest BCUT2D eigenvalue weighted by Crippen LogP contribution is 2.16. The Bertz CT molecular complexity index is 170. The summed E-state index contributed by atoms with van der Waals surface area (Å²) in [6.07, 6.45) is 11.1. The van der Waals surface area contributed by atoms with E-state index in [9.17, 15) is 0 Å². The first-order chi connectivity index (χ1) is 9.97. The van der Waals surface area contributed by atoms with Crippen LogP contribution in [0.15, 0.2) is 0 Å². The van der Waals surface area contributed by atoms with Gasteiger partial charge in [0.05, 0.1) is 26.2 Å². The molecule has 0 aromatic heterocycles. The van der Waals surface area contributed by atoms with Gasteiger partial charge in [-0.2, -0.15) is 0 Å². The van der Waals surface area contributed by atoms with Gasteiger partial charge in [0.25, 0.3) is 0 Å². The monoisotopic (exact) mass is 383 g/mol. The van der Waals surface area contributed by atoms with Crippen molar-refractivity contribution < 1.29 is 36.5 Å². The Balaban J connectivity index is -0.000000640. The van der Waals surface area contributed by atoms with Crippen molar-refractivity contribution in [2.75, 3.05) is 26.2 Å². The number of hydrogen-bond donors (Lipinski definition) is 3. The molecule has 0 saturated carbocycles. The minimum Gasteiger partial charge on any atom is -1.00 e. The van der Waals surface area contributed by atoms with Crippen LogP contribution in [0, 0.1) is 0 Å². The first-order valence-corrected chi connectivity index (χ1v) is 8.87. The van der Waals surface area contributed by atoms with Crippen molar-refractivity contribution in [2.24, 2.45) is 0 Å². The lowest BCUT2D eigenvalue weighted by molar-refractivity contribution is -0.929. The lowest BCUT2D eigenvalue weighted by atomic mass is 10.1. The Labute approximate surface area is 149 Å². The first-order valence-electron chi connectivity index (χ1n) is 8.87. The number of hydrogen-bond acceptors (Lipinski definition) is 3. The first kappa shape index (κ1) is 27.2. The van der Waals surface area contributed by atoms with Gasteiger partial charge in [0.1, 0.15) is 0 Å². The van der Waals surface area contributed by atoms with Gasteiger partial charge in [-0.3, -0.25) is 0 Å². The van der Waals surface area contributed by atoms with Crippen molar-refractivity contribution in [3.63, 3.8) is 0 Å². The van der Waals surface area contributed by atoms with Gasteiger partial charge in [-0.25, -0.2) is 0 Å². The highest BCUT2D eigenvalue weighted by Gasteiger charge is 2.24. The van der Waals surface area contributed by atoms with Crippen molar-refractivity contribution in [1.82, 2.24) is 0 Å². The highest BCUT2D eigenvalue weighted by atomic mass is 79.9. The number of halogens is 1. The van der Waals surface area contributed by atoms with Crippen molar-refractivity contribution >= 4 is 7.32 Å². The summed E-state index contributed by atoms with van der Waals surface area (Å²) in [5.41, 5.74) is 0. The van der Waals surface area contributed by atoms with Gasteiger partial charge in [0.15, 0.2) is 0 Å². The van der Waals surface area contributed by atoms with Gasteiger partial charge in [0, 0.05) is 0 Å². The predicted octanol–water partition coefficient (Wildman–Crippen LogP) is -0.0442. The molecule has 6 heteroatoms. The molecule has 0 atom stereocenters. The van der Waals surface area contributed by atoms with Crippen LogP contribution in [0.3, 0.4) is 0 Å². The fraction of sp³-hybridized carbons (Fsp3) is 1.00. The predicted molar refractivity (Wildman–Crippen MR) is 91.8 cm³/mol. The van der Waals surface area contributed by atoms with E-state index in [1.54, 1.807) is 0 Å². The third-order valence-corrected chi connectivity index (χ3v) is 3.94. The van der Waals surface area contributed by atoms with Crippen molar-refractivity contribution in [1.29, 1.82) is 0 Å². The quantitative estimate of drug-likeness (QED) is 0.327. The molecular weight excluding hydrogens is 345 g/mol. The Kier molecular flexibility index (Phi) is 24.1. The standard InChI is InChI=1S/C16H36N.BH3O3.BrH/c1-5-9-13-17(14-10-6-2,15-11-7-3)16-12-8-4;2-1(3)4;/h5-16H2,1-4H3;2-4H;1H/q+1;;/p-1. The van der Waals surface area contributed by atoms with E-state index >= 15 is 0 Å². The molecule has 0 aromatic rings. The topological polar surface area (TPSA) is 60.7 Å². The molecule has 0 aromatic carbocycles. The molecule has 136 valence electrons. The van der Waals surface area contributed by atoms with Gasteiger partial charge in [-0.05, 0) is 25.7 Å². The van der Waals surface area contributed by atoms with Gasteiger partial charge < -0.3 is 36.5 Å². The van der Waals surface area contributed by atoms with E-state index in [0.29, 0.717) is 0 Å². The van der Waals surface area contributed by atoms with Crippen molar-refractivity contribution in [2.45, 2.75) is 79.1 Å². The second-order valence-corrected chi connectivity index (χ2v) is 6.00. The zero-order valence-electron chi connectivity index (χ0n) is 15.2. The summed E-state index contributed by atoms with van der Waals surface area (Å²) in [6.45, 7) is 15.0. The van der Waals surface area contributed by atoms with E-state index in [2.05, 4.69) is 27.7 Å². The SMILES string of the molecule is CCCC[N+](CCCC)(CCCC)CCCC.OB(O)O.[Br-]. The number of nitrogens with zero attached hydrogens (tertiary/aromatic N) is 1.